The summed E-state index contributed by atoms with van der Waals surface area (Å²) in [5.41, 5.74) is -3.64. The summed E-state index contributed by atoms with van der Waals surface area (Å²) in [6.07, 6.45) is -5.93. The van der Waals surface area contributed by atoms with Crippen LogP contribution in [0.25, 0.3) is 0 Å². The zero-order valence-electron chi connectivity index (χ0n) is 6.01. The molecule has 0 aliphatic heterocycles. The standard InChI is InChI=1S/C6H9F5/c1-2-3-5(8,4-7)6(9,10)11/h2-4H2,1H3. The van der Waals surface area contributed by atoms with Crippen LogP contribution in [0.3, 0.4) is 0 Å². The average Bonchev–Trinajstić information content (AvgIpc) is 1.86. The van der Waals surface area contributed by atoms with Crippen LogP contribution < -0.4 is 0 Å². The normalized spacial score (nSPS) is 18.0. The van der Waals surface area contributed by atoms with E-state index in [0.29, 0.717) is 0 Å². The lowest BCUT2D eigenvalue weighted by molar-refractivity contribution is -0.237. The Morgan fingerprint density at radius 2 is 1.55 bits per heavy atom. The monoisotopic (exact) mass is 176 g/mol. The van der Waals surface area contributed by atoms with Crippen molar-refractivity contribution in [3.05, 3.63) is 0 Å². The predicted molar refractivity (Wildman–Crippen MR) is 30.8 cm³/mol. The molecule has 0 heterocycles. The van der Waals surface area contributed by atoms with Crippen molar-refractivity contribution >= 4 is 0 Å². The lowest BCUT2D eigenvalue weighted by atomic mass is 10.0. The zero-order chi connectivity index (χ0) is 9.12. The Morgan fingerprint density at radius 1 is 1.09 bits per heavy atom. The highest BCUT2D eigenvalue weighted by atomic mass is 19.4. The molecule has 11 heavy (non-hydrogen) atoms. The van der Waals surface area contributed by atoms with Crippen LogP contribution in [0.1, 0.15) is 19.8 Å². The Bertz CT molecular complexity index is 119. The van der Waals surface area contributed by atoms with E-state index in [9.17, 15) is 22.0 Å². The summed E-state index contributed by atoms with van der Waals surface area (Å²) in [6, 6.07) is 0. The first-order chi connectivity index (χ1) is 4.87. The maximum Gasteiger partial charge on any atom is 0.425 e. The highest BCUT2D eigenvalue weighted by Gasteiger charge is 2.55. The molecule has 1 unspecified atom stereocenters. The molecule has 0 spiro atoms. The third-order valence-corrected chi connectivity index (χ3v) is 1.37. The second-order valence-corrected chi connectivity index (χ2v) is 2.35. The van der Waals surface area contributed by atoms with Gasteiger partial charge in [-0.1, -0.05) is 13.3 Å². The molecule has 0 aromatic carbocycles. The molecule has 0 aromatic heterocycles. The van der Waals surface area contributed by atoms with Crippen LogP contribution in [0.4, 0.5) is 22.0 Å². The van der Waals surface area contributed by atoms with Crippen molar-refractivity contribution < 1.29 is 22.0 Å². The van der Waals surface area contributed by atoms with Gasteiger partial charge in [0.2, 0.25) is 5.67 Å². The maximum atomic E-state index is 12.5. The fourth-order valence-corrected chi connectivity index (χ4v) is 0.681. The molecule has 0 fully saturated rings. The van der Waals surface area contributed by atoms with E-state index in [1.54, 1.807) is 0 Å². The van der Waals surface area contributed by atoms with Gasteiger partial charge in [-0.15, -0.1) is 0 Å². The van der Waals surface area contributed by atoms with Crippen LogP contribution in [-0.4, -0.2) is 18.5 Å². The number of alkyl halides is 5. The van der Waals surface area contributed by atoms with Crippen LogP contribution in [0.2, 0.25) is 0 Å². The third-order valence-electron chi connectivity index (χ3n) is 1.37. The Labute approximate surface area is 61.4 Å². The largest absolute Gasteiger partial charge is 0.425 e. The fourth-order valence-electron chi connectivity index (χ4n) is 0.681. The van der Waals surface area contributed by atoms with Crippen molar-refractivity contribution in [3.63, 3.8) is 0 Å². The highest BCUT2D eigenvalue weighted by molar-refractivity contribution is 4.85. The summed E-state index contributed by atoms with van der Waals surface area (Å²) in [5, 5.41) is 0. The molecule has 1 atom stereocenters. The van der Waals surface area contributed by atoms with E-state index in [1.165, 1.54) is 6.92 Å². The smallest absolute Gasteiger partial charge is 0.247 e. The van der Waals surface area contributed by atoms with Gasteiger partial charge in [0.15, 0.2) is 0 Å². The highest BCUT2D eigenvalue weighted by Crippen LogP contribution is 2.37. The average molecular weight is 176 g/mol. The summed E-state index contributed by atoms with van der Waals surface area (Å²) in [7, 11) is 0. The lowest BCUT2D eigenvalue weighted by Crippen LogP contribution is -2.42. The molecule has 0 radical (unpaired) electrons. The van der Waals surface area contributed by atoms with Gasteiger partial charge in [-0.25, -0.2) is 8.78 Å². The summed E-state index contributed by atoms with van der Waals surface area (Å²) in [4.78, 5) is 0. The Morgan fingerprint density at radius 3 is 1.64 bits per heavy atom. The minimum Gasteiger partial charge on any atom is -0.247 e. The minimum atomic E-state index is -5.09. The maximum absolute atomic E-state index is 12.5. The lowest BCUT2D eigenvalue weighted by Gasteiger charge is -2.23. The molecule has 0 rings (SSSR count). The minimum absolute atomic E-state index is 0.0278. The molecule has 0 aromatic rings. The van der Waals surface area contributed by atoms with E-state index in [2.05, 4.69) is 0 Å². The van der Waals surface area contributed by atoms with Crippen molar-refractivity contribution in [1.29, 1.82) is 0 Å². The molecule has 0 bridgehead atoms. The SMILES string of the molecule is CCCC(F)(CF)C(F)(F)F. The summed E-state index contributed by atoms with van der Waals surface area (Å²) >= 11 is 0. The van der Waals surface area contributed by atoms with Gasteiger partial charge in [-0.05, 0) is 6.42 Å². The summed E-state index contributed by atoms with van der Waals surface area (Å²) < 4.78 is 59.2. The summed E-state index contributed by atoms with van der Waals surface area (Å²) in [5.74, 6) is 0. The Hall–Kier alpha value is -0.350. The molecule has 0 aliphatic carbocycles. The van der Waals surface area contributed by atoms with Crippen molar-refractivity contribution in [3.8, 4) is 0 Å². The molecule has 0 saturated heterocycles. The molecule has 0 nitrogen and oxygen atoms in total. The number of hydrogen-bond acceptors (Lipinski definition) is 0. The van der Waals surface area contributed by atoms with E-state index in [-0.39, 0.29) is 6.42 Å². The molecule has 0 saturated carbocycles. The first kappa shape index (κ1) is 10.7. The van der Waals surface area contributed by atoms with Crippen molar-refractivity contribution in [1.82, 2.24) is 0 Å². The van der Waals surface area contributed by atoms with Gasteiger partial charge in [0.05, 0.1) is 0 Å². The van der Waals surface area contributed by atoms with Crippen LogP contribution in [0.5, 0.6) is 0 Å². The number of hydrogen-bond donors (Lipinski definition) is 0. The van der Waals surface area contributed by atoms with Crippen molar-refractivity contribution in [2.75, 3.05) is 6.67 Å². The molecule has 0 aliphatic rings. The first-order valence-electron chi connectivity index (χ1n) is 3.19. The molecule has 0 N–H and O–H groups in total. The Kier molecular flexibility index (Phi) is 3.26. The van der Waals surface area contributed by atoms with Gasteiger partial charge in [-0.2, -0.15) is 13.2 Å². The van der Waals surface area contributed by atoms with Gasteiger partial charge in [-0.3, -0.25) is 0 Å². The van der Waals surface area contributed by atoms with Crippen LogP contribution in [0, 0.1) is 0 Å². The molecule has 5 heteroatoms. The van der Waals surface area contributed by atoms with E-state index >= 15 is 0 Å². The van der Waals surface area contributed by atoms with Gasteiger partial charge in [0.25, 0.3) is 0 Å². The van der Waals surface area contributed by atoms with Crippen molar-refractivity contribution in [2.24, 2.45) is 0 Å². The van der Waals surface area contributed by atoms with E-state index in [1.807, 2.05) is 0 Å². The number of rotatable bonds is 3. The first-order valence-corrected chi connectivity index (χ1v) is 3.19. The van der Waals surface area contributed by atoms with E-state index < -0.39 is 24.9 Å². The summed E-state index contributed by atoms with van der Waals surface area (Å²) in [6.45, 7) is -0.625. The zero-order valence-corrected chi connectivity index (χ0v) is 6.01. The second-order valence-electron chi connectivity index (χ2n) is 2.35. The number of halogens is 5. The van der Waals surface area contributed by atoms with Crippen molar-refractivity contribution in [2.45, 2.75) is 31.6 Å². The second kappa shape index (κ2) is 3.36. The van der Waals surface area contributed by atoms with Crippen LogP contribution >= 0.6 is 0 Å². The Balaban J connectivity index is 4.33. The molecular formula is C6H9F5. The van der Waals surface area contributed by atoms with Gasteiger partial charge < -0.3 is 0 Å². The van der Waals surface area contributed by atoms with Gasteiger partial charge >= 0.3 is 6.18 Å². The molecular weight excluding hydrogens is 167 g/mol. The van der Waals surface area contributed by atoms with Crippen LogP contribution in [-0.2, 0) is 0 Å². The van der Waals surface area contributed by atoms with Gasteiger partial charge in [0, 0.05) is 0 Å². The quantitative estimate of drug-likeness (QED) is 0.580. The molecule has 68 valence electrons. The topological polar surface area (TPSA) is 0 Å². The van der Waals surface area contributed by atoms with Gasteiger partial charge in [0.1, 0.15) is 6.67 Å². The molecule has 0 amide bonds. The predicted octanol–water partition coefficient (Wildman–Crippen LogP) is 3.03. The van der Waals surface area contributed by atoms with E-state index in [0.717, 1.165) is 0 Å². The fraction of sp³-hybridized carbons (Fsp3) is 1.00. The third kappa shape index (κ3) is 2.31. The van der Waals surface area contributed by atoms with E-state index in [4.69, 9.17) is 0 Å². The van der Waals surface area contributed by atoms with Crippen LogP contribution in [0.15, 0.2) is 0 Å².